The third-order valence-corrected chi connectivity index (χ3v) is 1.76. The summed E-state index contributed by atoms with van der Waals surface area (Å²) in [6.45, 7) is 1.63. The van der Waals surface area contributed by atoms with E-state index in [1.165, 1.54) is 0 Å². The summed E-state index contributed by atoms with van der Waals surface area (Å²) in [6, 6.07) is 1.09. The largest absolute Gasteiger partial charge is 0.466 e. The van der Waals surface area contributed by atoms with Crippen molar-refractivity contribution >= 4 is 0 Å². The maximum Gasteiger partial charge on any atom is 0.422 e. The van der Waals surface area contributed by atoms with E-state index in [0.29, 0.717) is 11.3 Å². The van der Waals surface area contributed by atoms with Gasteiger partial charge in [-0.05, 0) is 25.5 Å². The van der Waals surface area contributed by atoms with Gasteiger partial charge in [-0.2, -0.15) is 13.2 Å². The zero-order valence-corrected chi connectivity index (χ0v) is 8.15. The predicted molar refractivity (Wildman–Crippen MR) is 45.2 cm³/mol. The van der Waals surface area contributed by atoms with Gasteiger partial charge in [-0.15, -0.1) is 0 Å². The molecule has 15 heavy (non-hydrogen) atoms. The van der Waals surface area contributed by atoms with E-state index in [1.54, 1.807) is 13.8 Å². The third-order valence-electron chi connectivity index (χ3n) is 1.76. The van der Waals surface area contributed by atoms with Crippen LogP contribution in [0.3, 0.4) is 0 Å². The van der Waals surface area contributed by atoms with Gasteiger partial charge in [0.15, 0.2) is 12.4 Å². The number of pyridine rings is 1. The molecular formula is C9H9F4NO. The molecule has 1 rings (SSSR count). The third kappa shape index (κ3) is 3.38. The Bertz CT molecular complexity index is 362. The molecule has 0 atom stereocenters. The lowest BCUT2D eigenvalue weighted by Gasteiger charge is -2.10. The first kappa shape index (κ1) is 11.7. The van der Waals surface area contributed by atoms with Crippen molar-refractivity contribution in [2.45, 2.75) is 20.0 Å². The van der Waals surface area contributed by atoms with E-state index in [9.17, 15) is 17.6 Å². The Morgan fingerprint density at radius 2 is 1.93 bits per heavy atom. The van der Waals surface area contributed by atoms with Gasteiger partial charge in [-0.1, -0.05) is 0 Å². The number of ether oxygens (including phenoxy) is 1. The number of aromatic nitrogens is 1. The summed E-state index contributed by atoms with van der Waals surface area (Å²) in [4.78, 5) is 3.58. The Morgan fingerprint density at radius 3 is 2.47 bits per heavy atom. The minimum absolute atomic E-state index is 0.438. The first-order valence-electron chi connectivity index (χ1n) is 4.13. The van der Waals surface area contributed by atoms with Crippen LogP contribution in [0.4, 0.5) is 17.6 Å². The van der Waals surface area contributed by atoms with E-state index in [2.05, 4.69) is 9.72 Å². The minimum Gasteiger partial charge on any atom is -0.466 e. The van der Waals surface area contributed by atoms with E-state index in [1.807, 2.05) is 0 Å². The molecule has 0 aliphatic rings. The van der Waals surface area contributed by atoms with Gasteiger partial charge < -0.3 is 4.74 Å². The van der Waals surface area contributed by atoms with Gasteiger partial charge in [0.2, 0.25) is 0 Å². The van der Waals surface area contributed by atoms with Crippen LogP contribution in [-0.2, 0) is 0 Å². The zero-order chi connectivity index (χ0) is 11.6. The van der Waals surface area contributed by atoms with Crippen LogP contribution in [0.25, 0.3) is 0 Å². The van der Waals surface area contributed by atoms with Crippen LogP contribution >= 0.6 is 0 Å². The van der Waals surface area contributed by atoms with Gasteiger partial charge in [0.1, 0.15) is 0 Å². The molecule has 0 aliphatic carbocycles. The van der Waals surface area contributed by atoms with Crippen LogP contribution in [0.5, 0.6) is 5.88 Å². The van der Waals surface area contributed by atoms with Crippen LogP contribution in [0, 0.1) is 19.7 Å². The zero-order valence-electron chi connectivity index (χ0n) is 8.15. The van der Waals surface area contributed by atoms with Crippen molar-refractivity contribution in [3.05, 3.63) is 23.1 Å². The molecule has 84 valence electrons. The average molecular weight is 223 g/mol. The Balaban J connectivity index is 2.82. The van der Waals surface area contributed by atoms with E-state index >= 15 is 0 Å². The number of aryl methyl sites for hydroxylation is 2. The quantitative estimate of drug-likeness (QED) is 0.719. The Labute approximate surface area is 83.9 Å². The number of nitrogens with zero attached hydrogens (tertiary/aromatic N) is 1. The second kappa shape index (κ2) is 4.04. The van der Waals surface area contributed by atoms with Crippen molar-refractivity contribution in [3.8, 4) is 5.88 Å². The van der Waals surface area contributed by atoms with E-state index in [-0.39, 0.29) is 0 Å². The fraction of sp³-hybridized carbons (Fsp3) is 0.444. The summed E-state index contributed by atoms with van der Waals surface area (Å²) in [5.74, 6) is -1.50. The normalized spacial score (nSPS) is 11.6. The van der Waals surface area contributed by atoms with Crippen LogP contribution < -0.4 is 4.74 Å². The van der Waals surface area contributed by atoms with E-state index < -0.39 is 24.5 Å². The fourth-order valence-corrected chi connectivity index (χ4v) is 0.902. The standard InChI is InChI=1S/C9H9F4NO/c1-5-3-7(10)8(14-6(5)2)15-4-9(11,12)13/h3H,4H2,1-2H3. The molecule has 6 heteroatoms. The molecule has 0 aromatic carbocycles. The number of alkyl halides is 3. The molecule has 1 aromatic rings. The van der Waals surface area contributed by atoms with Crippen molar-refractivity contribution in [1.82, 2.24) is 4.98 Å². The first-order valence-corrected chi connectivity index (χ1v) is 4.13. The van der Waals surface area contributed by atoms with Gasteiger partial charge in [0, 0.05) is 5.69 Å². The average Bonchev–Trinajstić information content (AvgIpc) is 2.07. The highest BCUT2D eigenvalue weighted by Gasteiger charge is 2.29. The Hall–Kier alpha value is -1.33. The number of hydrogen-bond donors (Lipinski definition) is 0. The van der Waals surface area contributed by atoms with Crippen molar-refractivity contribution in [2.24, 2.45) is 0 Å². The number of hydrogen-bond acceptors (Lipinski definition) is 2. The summed E-state index contributed by atoms with van der Waals surface area (Å²) in [6.07, 6.45) is -4.49. The molecule has 0 aliphatic heterocycles. The van der Waals surface area contributed by atoms with Crippen LogP contribution in [-0.4, -0.2) is 17.8 Å². The second-order valence-corrected chi connectivity index (χ2v) is 3.08. The molecule has 1 heterocycles. The Morgan fingerprint density at radius 1 is 1.33 bits per heavy atom. The Kier molecular flexibility index (Phi) is 3.16. The molecule has 0 N–H and O–H groups in total. The van der Waals surface area contributed by atoms with E-state index in [0.717, 1.165) is 6.07 Å². The second-order valence-electron chi connectivity index (χ2n) is 3.08. The lowest BCUT2D eigenvalue weighted by molar-refractivity contribution is -0.154. The minimum atomic E-state index is -4.49. The number of halogens is 4. The topological polar surface area (TPSA) is 22.1 Å². The predicted octanol–water partition coefficient (Wildman–Crippen LogP) is 2.78. The van der Waals surface area contributed by atoms with Crippen molar-refractivity contribution in [1.29, 1.82) is 0 Å². The molecule has 0 saturated carbocycles. The van der Waals surface area contributed by atoms with Crippen molar-refractivity contribution in [3.63, 3.8) is 0 Å². The molecule has 2 nitrogen and oxygen atoms in total. The fourth-order valence-electron chi connectivity index (χ4n) is 0.902. The first-order chi connectivity index (χ1) is 6.79. The van der Waals surface area contributed by atoms with Gasteiger partial charge in [-0.3, -0.25) is 0 Å². The van der Waals surface area contributed by atoms with Crippen LogP contribution in [0.15, 0.2) is 6.07 Å². The van der Waals surface area contributed by atoms with Gasteiger partial charge in [0.05, 0.1) is 0 Å². The highest BCUT2D eigenvalue weighted by atomic mass is 19.4. The van der Waals surface area contributed by atoms with Gasteiger partial charge in [-0.25, -0.2) is 9.37 Å². The van der Waals surface area contributed by atoms with E-state index in [4.69, 9.17) is 0 Å². The SMILES string of the molecule is Cc1cc(F)c(OCC(F)(F)F)nc1C. The molecule has 0 radical (unpaired) electrons. The summed E-state index contributed by atoms with van der Waals surface area (Å²) >= 11 is 0. The molecule has 1 aromatic heterocycles. The van der Waals surface area contributed by atoms with Gasteiger partial charge in [0.25, 0.3) is 5.88 Å². The lowest BCUT2D eigenvalue weighted by Crippen LogP contribution is -2.20. The summed E-state index contributed by atoms with van der Waals surface area (Å²) in [5, 5.41) is 0. The number of rotatable bonds is 2. The molecule has 0 saturated heterocycles. The molecule has 0 bridgehead atoms. The summed E-state index contributed by atoms with van der Waals surface area (Å²) in [5.41, 5.74) is 1.00. The van der Waals surface area contributed by atoms with Crippen LogP contribution in [0.2, 0.25) is 0 Å². The van der Waals surface area contributed by atoms with Crippen molar-refractivity contribution < 1.29 is 22.3 Å². The molecular weight excluding hydrogens is 214 g/mol. The molecule has 0 amide bonds. The highest BCUT2D eigenvalue weighted by molar-refractivity contribution is 5.25. The summed E-state index contributed by atoms with van der Waals surface area (Å²) in [7, 11) is 0. The van der Waals surface area contributed by atoms with Gasteiger partial charge >= 0.3 is 6.18 Å². The summed E-state index contributed by atoms with van der Waals surface area (Å²) < 4.78 is 52.6. The smallest absolute Gasteiger partial charge is 0.422 e. The van der Waals surface area contributed by atoms with Crippen molar-refractivity contribution in [2.75, 3.05) is 6.61 Å². The highest BCUT2D eigenvalue weighted by Crippen LogP contribution is 2.21. The molecule has 0 fully saturated rings. The maximum absolute atomic E-state index is 13.1. The monoisotopic (exact) mass is 223 g/mol. The molecule has 0 unspecified atom stereocenters. The van der Waals surface area contributed by atoms with Crippen LogP contribution in [0.1, 0.15) is 11.3 Å². The maximum atomic E-state index is 13.1. The molecule has 0 spiro atoms. The lowest BCUT2D eigenvalue weighted by atomic mass is 10.2.